The van der Waals surface area contributed by atoms with Gasteiger partial charge in [-0.15, -0.1) is 45.8 Å². The van der Waals surface area contributed by atoms with Crippen LogP contribution in [0.15, 0.2) is 169 Å². The number of imidazole rings is 2. The molecule has 17 rings (SSSR count). The molecule has 3 aliphatic rings. The lowest BCUT2D eigenvalue weighted by Gasteiger charge is -2.26. The van der Waals surface area contributed by atoms with Crippen molar-refractivity contribution in [3.05, 3.63) is 256 Å². The molecule has 0 saturated heterocycles. The van der Waals surface area contributed by atoms with Gasteiger partial charge in [0, 0.05) is 92.1 Å². The highest BCUT2D eigenvalue weighted by molar-refractivity contribution is 7.98. The lowest BCUT2D eigenvalue weighted by Crippen LogP contribution is -2.42. The summed E-state index contributed by atoms with van der Waals surface area (Å²) in [5, 5.41) is 95.3. The van der Waals surface area contributed by atoms with Crippen LogP contribution in [0.2, 0.25) is 0 Å². The van der Waals surface area contributed by atoms with Gasteiger partial charge in [-0.05, 0) is 177 Å². The van der Waals surface area contributed by atoms with Gasteiger partial charge in [0.25, 0.3) is 5.56 Å². The molecule has 0 saturated carbocycles. The SMILES string of the molecule is COc1cc(C(=O)[O-])cc(OC)c1OCc1noc(C)n1.COc1ccc(-c2nc3scc(C)n3c2/C=C/C(=O)[O-])cc1C.Cc1c(C(=O)[O-])sc2ncn(CC(C)(C)C(=O)[O-])c(=O)c12.Cc1csc2nc(-c3ccc4c(c3)OCO4)c(/C=C/C(=O)[O-])n12.Cc1oc(CSc2ccccc2C(=O)[O-])cc1C(=O)[O-].O=C([O-])CC1=C(c2ccc3c(c2)OCCO3)Cc2ccccc21. The minimum Gasteiger partial charge on any atom is -0.550 e. The van der Waals surface area contributed by atoms with Gasteiger partial charge < -0.3 is 126 Å². The van der Waals surface area contributed by atoms with Crippen LogP contribution in [0.4, 0.5) is 0 Å². The number of furan rings is 1. The van der Waals surface area contributed by atoms with Crippen molar-refractivity contribution in [2.75, 3.05) is 41.3 Å². The maximum absolute atomic E-state index is 12.4. The number of ether oxygens (including phenoxy) is 8. The summed E-state index contributed by atoms with van der Waals surface area (Å²) in [6.07, 6.45) is 6.93. The van der Waals surface area contributed by atoms with Crippen LogP contribution in [0.25, 0.3) is 66.0 Å². The number of thiophene rings is 1. The average Bonchev–Trinajstić information content (AvgIpc) is 1.66. The number of hydrogen-bond acceptors (Lipinski definition) is 36. The first-order valence-corrected chi connectivity index (χ1v) is 42.8. The molecule has 0 bridgehead atoms. The normalized spacial score (nSPS) is 12.2. The number of nitrogens with zero attached hydrogens (tertiary/aromatic N) is 8. The lowest BCUT2D eigenvalue weighted by molar-refractivity contribution is -0.318. The van der Waals surface area contributed by atoms with E-state index in [-0.39, 0.29) is 81.9 Å². The zero-order valence-corrected chi connectivity index (χ0v) is 74.7. The van der Waals surface area contributed by atoms with Crippen molar-refractivity contribution in [1.82, 2.24) is 38.5 Å². The van der Waals surface area contributed by atoms with E-state index in [4.69, 9.17) is 46.8 Å². The van der Waals surface area contributed by atoms with E-state index in [1.165, 1.54) is 119 Å². The zero-order chi connectivity index (χ0) is 94.4. The summed E-state index contributed by atoms with van der Waals surface area (Å²) in [4.78, 5) is 120. The Bertz CT molecular complexity index is 6880. The second kappa shape index (κ2) is 41.6. The predicted octanol–water partition coefficient (Wildman–Crippen LogP) is 6.23. The van der Waals surface area contributed by atoms with Crippen molar-refractivity contribution in [1.29, 1.82) is 0 Å². The largest absolute Gasteiger partial charge is 0.550 e. The smallest absolute Gasteiger partial charge is 0.262 e. The number of benzene rings is 6. The van der Waals surface area contributed by atoms with Crippen LogP contribution in [-0.2, 0) is 44.5 Å². The highest BCUT2D eigenvalue weighted by Gasteiger charge is 2.28. The summed E-state index contributed by atoms with van der Waals surface area (Å²) in [5.74, 6) is -4.03. The fourth-order valence-corrected chi connectivity index (χ4v) is 17.4. The topological polar surface area (TPSA) is 516 Å². The number of carboxylic acids is 8. The number of rotatable bonds is 25. The molecule has 14 aromatic rings. The van der Waals surface area contributed by atoms with Crippen molar-refractivity contribution in [2.45, 2.75) is 92.0 Å². The van der Waals surface area contributed by atoms with Crippen molar-refractivity contribution < 1.29 is 126 Å². The van der Waals surface area contributed by atoms with Crippen molar-refractivity contribution in [2.24, 2.45) is 5.41 Å². The molecule has 0 unspecified atom stereocenters. The predicted molar refractivity (Wildman–Crippen MR) is 463 cm³/mol. The van der Waals surface area contributed by atoms with Crippen molar-refractivity contribution >= 4 is 137 Å². The molecular formula is C92H76N8O27S4-8. The van der Waals surface area contributed by atoms with Crippen LogP contribution in [0.3, 0.4) is 0 Å². The first kappa shape index (κ1) is 94.8. The number of carbonyl (C=O) groups excluding carboxylic acids is 8. The zero-order valence-electron chi connectivity index (χ0n) is 71.5. The van der Waals surface area contributed by atoms with Gasteiger partial charge >= 0.3 is 0 Å². The number of aliphatic carboxylic acids is 4. The summed E-state index contributed by atoms with van der Waals surface area (Å²) in [6.45, 7) is 14.6. The maximum atomic E-state index is 12.4. The molecule has 678 valence electrons. The summed E-state index contributed by atoms with van der Waals surface area (Å²) in [7, 11) is 4.41. The third kappa shape index (κ3) is 22.3. The Kier molecular flexibility index (Phi) is 30.1. The Morgan fingerprint density at radius 1 is 0.603 bits per heavy atom. The van der Waals surface area contributed by atoms with Gasteiger partial charge in [-0.2, -0.15) is 4.98 Å². The number of aryl methyl sites for hydroxylation is 6. The fourth-order valence-electron chi connectivity index (χ4n) is 13.8. The number of fused-ring (bicyclic) bond motifs is 6. The van der Waals surface area contributed by atoms with Crippen LogP contribution < -0.4 is 84.3 Å². The number of allylic oxidation sites excluding steroid dienone is 1. The lowest BCUT2D eigenvalue weighted by atomic mass is 9.94. The first-order chi connectivity index (χ1) is 62.5. The first-order valence-electron chi connectivity index (χ1n) is 39.3. The van der Waals surface area contributed by atoms with E-state index in [0.717, 1.165) is 123 Å². The van der Waals surface area contributed by atoms with Gasteiger partial charge in [-0.1, -0.05) is 67.5 Å². The quantitative estimate of drug-likeness (QED) is 0.0452. The summed E-state index contributed by atoms with van der Waals surface area (Å²) >= 11 is 5.12. The number of thiazole rings is 2. The van der Waals surface area contributed by atoms with Crippen LogP contribution in [0, 0.1) is 47.0 Å². The number of thioether (sulfide) groups is 1. The Balaban J connectivity index is 0.000000142. The highest BCUT2D eigenvalue weighted by Crippen LogP contribution is 2.45. The second-order valence-electron chi connectivity index (χ2n) is 29.4. The molecule has 0 spiro atoms. The summed E-state index contributed by atoms with van der Waals surface area (Å²) in [6, 6.07) is 35.4. The molecular weight excluding hydrogens is 1780 g/mol. The standard InChI is InChI=1S/C19H16O4.C17H16N2O3S.C16H12N2O4S.C14H12O5S.C13H14N2O6.C13H14N2O5S/c20-19(21)11-16-14-4-2-1-3-12(14)9-15(16)13-5-6-17-18(10-13)23-8-7-22-17;1-10-8-12(4-6-14(10)22-3)16-13(5-7-15(20)21)19-11(2)9-23-17(19)18-16;1-9-7-23-16-17-15(11(18(9)16)3-5-14(19)20)10-2-4-12-13(6-10)22-8-21-12;1-8-11(14(17)18)6-9(19-8)7-20-12-5-3-2-4-10(12)13(15)16;1-7-14-11(15-21-7)6-20-12-9(18-2)4-8(13(16)17)5-10(12)19-3;1-6-7-9(21-8(6)11(17)18)14-5-15(10(7)16)4-13(2,3)12(19)20/h1-6,10H,7-9,11H2,(H,20,21);4-9H,1-3H3,(H,20,21);2-7H,8H2,1H3,(H,19,20);2-6H,7H2,1H3,(H,15,16)(H,17,18);4-5H,6H2,1-3H3,(H,16,17);5H,4H2,1-3H3,(H,17,18)(H,19,20)/p-8/b;7-5+;5-3+;;;. The third-order valence-corrected chi connectivity index (χ3v) is 24.2. The molecule has 2 aliphatic heterocycles. The van der Waals surface area contributed by atoms with Gasteiger partial charge in [0.15, 0.2) is 51.0 Å². The van der Waals surface area contributed by atoms with Crippen molar-refractivity contribution in [3.63, 3.8) is 0 Å². The Morgan fingerprint density at radius 3 is 1.73 bits per heavy atom. The Hall–Kier alpha value is -15.4. The van der Waals surface area contributed by atoms with E-state index >= 15 is 0 Å². The van der Waals surface area contributed by atoms with Crippen LogP contribution in [-0.4, -0.2) is 128 Å². The molecule has 35 nitrogen and oxygen atoms in total. The van der Waals surface area contributed by atoms with Gasteiger partial charge in [0.2, 0.25) is 24.3 Å². The van der Waals surface area contributed by atoms with E-state index in [0.29, 0.717) is 74.8 Å². The minimum absolute atomic E-state index is 0.00814. The van der Waals surface area contributed by atoms with Crippen LogP contribution in [0.5, 0.6) is 46.0 Å². The molecule has 6 aromatic carbocycles. The molecule has 10 heterocycles. The number of carbonyl (C=O) groups is 8. The highest BCUT2D eigenvalue weighted by atomic mass is 32.2. The number of carboxylic acid groups (broad SMARTS) is 8. The molecule has 39 heteroatoms. The number of aromatic nitrogens is 8. The Labute approximate surface area is 760 Å². The number of hydrogen-bond donors (Lipinski definition) is 0. The van der Waals surface area contributed by atoms with E-state index in [1.807, 2.05) is 119 Å². The van der Waals surface area contributed by atoms with E-state index in [9.17, 15) is 84.0 Å². The van der Waals surface area contributed by atoms with Gasteiger partial charge in [-0.25, -0.2) is 15.0 Å². The molecule has 0 amide bonds. The molecule has 8 aromatic heterocycles. The Morgan fingerprint density at radius 2 is 1.17 bits per heavy atom. The number of aromatic carboxylic acids is 4. The fraction of sp³-hybridized carbons (Fsp3) is 0.217. The van der Waals surface area contributed by atoms with Gasteiger partial charge in [-0.3, -0.25) is 18.2 Å². The summed E-state index contributed by atoms with van der Waals surface area (Å²) < 4.78 is 58.1. The van der Waals surface area contributed by atoms with Gasteiger partial charge in [0.1, 0.15) is 35.3 Å². The molecule has 1 aliphatic carbocycles. The van der Waals surface area contributed by atoms with E-state index < -0.39 is 58.7 Å². The van der Waals surface area contributed by atoms with Gasteiger partial charge in [0.05, 0.1) is 102 Å². The monoisotopic (exact) mass is 1850 g/mol. The maximum Gasteiger partial charge on any atom is 0.262 e. The number of methoxy groups -OCH3 is 3. The molecule has 0 N–H and O–H groups in total. The van der Waals surface area contributed by atoms with Crippen molar-refractivity contribution in [3.8, 4) is 68.5 Å². The third-order valence-electron chi connectivity index (χ3n) is 20.0. The second-order valence-corrected chi connectivity index (χ2v) is 33.1. The average molecular weight is 1850 g/mol. The summed E-state index contributed by atoms with van der Waals surface area (Å²) in [5.41, 5.74) is 11.2. The van der Waals surface area contributed by atoms with E-state index in [1.54, 1.807) is 32.2 Å². The molecule has 0 radical (unpaired) electrons. The molecule has 0 fully saturated rings. The van der Waals surface area contributed by atoms with E-state index in [2.05, 4.69) is 25.1 Å². The molecule has 131 heavy (non-hydrogen) atoms. The van der Waals surface area contributed by atoms with Crippen LogP contribution >= 0.6 is 45.8 Å². The van der Waals surface area contributed by atoms with Crippen LogP contribution in [0.1, 0.15) is 135 Å². The minimum atomic E-state index is -1.36. The molecule has 0 atom stereocenters.